The van der Waals surface area contributed by atoms with Crippen molar-refractivity contribution >= 4 is 5.91 Å². The Bertz CT molecular complexity index is 773. The molecule has 1 aromatic heterocycles. The van der Waals surface area contributed by atoms with E-state index in [1.165, 1.54) is 12.8 Å². The van der Waals surface area contributed by atoms with Crippen LogP contribution in [0.15, 0.2) is 30.3 Å². The predicted molar refractivity (Wildman–Crippen MR) is 104 cm³/mol. The molecule has 1 amide bonds. The number of carbonyl (C=O) groups excluding carboxylic acids is 1. The standard InChI is InChI=1S/C21H29N5O/c1-24(2)15-19-22-23-21(26(19)18-8-9-18)17-10-12-25(13-11-17)20(27)14-16-6-4-3-5-7-16/h3-7,17-18H,8-15H2,1-2H3. The Morgan fingerprint density at radius 1 is 1.07 bits per heavy atom. The van der Waals surface area contributed by atoms with Gasteiger partial charge in [-0.05, 0) is 45.3 Å². The summed E-state index contributed by atoms with van der Waals surface area (Å²) < 4.78 is 2.39. The Labute approximate surface area is 161 Å². The summed E-state index contributed by atoms with van der Waals surface area (Å²) in [5, 5.41) is 9.07. The van der Waals surface area contributed by atoms with Gasteiger partial charge in [-0.2, -0.15) is 0 Å². The number of piperidine rings is 1. The Kier molecular flexibility index (Phi) is 5.25. The summed E-state index contributed by atoms with van der Waals surface area (Å²) in [7, 11) is 4.14. The lowest BCUT2D eigenvalue weighted by Crippen LogP contribution is -2.39. The molecule has 0 unspecified atom stereocenters. The van der Waals surface area contributed by atoms with Crippen molar-refractivity contribution in [3.63, 3.8) is 0 Å². The van der Waals surface area contributed by atoms with Gasteiger partial charge in [-0.3, -0.25) is 4.79 Å². The lowest BCUT2D eigenvalue weighted by atomic mass is 9.95. The topological polar surface area (TPSA) is 54.3 Å². The minimum atomic E-state index is 0.233. The van der Waals surface area contributed by atoms with E-state index in [-0.39, 0.29) is 5.91 Å². The molecule has 2 aliphatic rings. The highest BCUT2D eigenvalue weighted by Gasteiger charge is 2.34. The van der Waals surface area contributed by atoms with Gasteiger partial charge in [-0.25, -0.2) is 0 Å². The fourth-order valence-corrected chi connectivity index (χ4v) is 4.01. The Hall–Kier alpha value is -2.21. The molecule has 144 valence electrons. The Morgan fingerprint density at radius 2 is 1.78 bits per heavy atom. The van der Waals surface area contributed by atoms with Crippen LogP contribution in [0.5, 0.6) is 0 Å². The minimum Gasteiger partial charge on any atom is -0.342 e. The largest absolute Gasteiger partial charge is 0.342 e. The second-order valence-corrected chi connectivity index (χ2v) is 8.13. The van der Waals surface area contributed by atoms with Crippen molar-refractivity contribution in [2.75, 3.05) is 27.2 Å². The van der Waals surface area contributed by atoms with Crippen molar-refractivity contribution in [1.82, 2.24) is 24.6 Å². The van der Waals surface area contributed by atoms with Gasteiger partial charge in [0.2, 0.25) is 5.91 Å². The molecule has 27 heavy (non-hydrogen) atoms. The highest BCUT2D eigenvalue weighted by Crippen LogP contribution is 2.40. The van der Waals surface area contributed by atoms with Gasteiger partial charge in [0, 0.05) is 25.0 Å². The summed E-state index contributed by atoms with van der Waals surface area (Å²) in [5.74, 6) is 2.87. The van der Waals surface area contributed by atoms with Crippen molar-refractivity contribution in [3.05, 3.63) is 47.5 Å². The van der Waals surface area contributed by atoms with E-state index < -0.39 is 0 Å². The van der Waals surface area contributed by atoms with E-state index in [2.05, 4.69) is 33.8 Å². The average molecular weight is 367 g/mol. The number of hydrogen-bond acceptors (Lipinski definition) is 4. The third-order valence-corrected chi connectivity index (χ3v) is 5.57. The van der Waals surface area contributed by atoms with E-state index >= 15 is 0 Å². The van der Waals surface area contributed by atoms with Crippen LogP contribution in [0.3, 0.4) is 0 Å². The first-order chi connectivity index (χ1) is 13.1. The van der Waals surface area contributed by atoms with Gasteiger partial charge in [0.1, 0.15) is 11.6 Å². The lowest BCUT2D eigenvalue weighted by molar-refractivity contribution is -0.131. The molecule has 0 spiro atoms. The summed E-state index contributed by atoms with van der Waals surface area (Å²) in [6, 6.07) is 10.6. The number of amides is 1. The molecule has 1 saturated heterocycles. The fraction of sp³-hybridized carbons (Fsp3) is 0.571. The third-order valence-electron chi connectivity index (χ3n) is 5.57. The van der Waals surface area contributed by atoms with Crippen LogP contribution in [-0.4, -0.2) is 57.7 Å². The van der Waals surface area contributed by atoms with Gasteiger partial charge >= 0.3 is 0 Å². The van der Waals surface area contributed by atoms with Crippen molar-refractivity contribution < 1.29 is 4.79 Å². The first-order valence-corrected chi connectivity index (χ1v) is 10.0. The predicted octanol–water partition coefficient (Wildman–Crippen LogP) is 2.62. The van der Waals surface area contributed by atoms with Gasteiger partial charge in [-0.1, -0.05) is 30.3 Å². The van der Waals surface area contributed by atoms with E-state index in [1.807, 2.05) is 35.2 Å². The number of carbonyl (C=O) groups is 1. The minimum absolute atomic E-state index is 0.233. The smallest absolute Gasteiger partial charge is 0.226 e. The second kappa shape index (κ2) is 7.80. The van der Waals surface area contributed by atoms with Crippen molar-refractivity contribution in [2.24, 2.45) is 0 Å². The van der Waals surface area contributed by atoms with Crippen LogP contribution < -0.4 is 0 Å². The molecule has 0 radical (unpaired) electrons. The highest BCUT2D eigenvalue weighted by atomic mass is 16.2. The first-order valence-electron chi connectivity index (χ1n) is 10.0. The summed E-state index contributed by atoms with van der Waals surface area (Å²) in [5.41, 5.74) is 1.09. The zero-order chi connectivity index (χ0) is 18.8. The number of nitrogens with zero attached hydrogens (tertiary/aromatic N) is 5. The third kappa shape index (κ3) is 4.21. The number of aromatic nitrogens is 3. The number of likely N-dealkylation sites (tertiary alicyclic amines) is 1. The highest BCUT2D eigenvalue weighted by molar-refractivity contribution is 5.78. The Balaban J connectivity index is 1.39. The van der Waals surface area contributed by atoms with E-state index in [1.54, 1.807) is 0 Å². The maximum atomic E-state index is 12.6. The van der Waals surface area contributed by atoms with Crippen LogP contribution in [0.1, 0.15) is 54.9 Å². The van der Waals surface area contributed by atoms with Crippen molar-refractivity contribution in [1.29, 1.82) is 0 Å². The zero-order valence-corrected chi connectivity index (χ0v) is 16.3. The molecule has 6 nitrogen and oxygen atoms in total. The molecule has 6 heteroatoms. The van der Waals surface area contributed by atoms with E-state index in [0.29, 0.717) is 18.4 Å². The monoisotopic (exact) mass is 367 g/mol. The molecular formula is C21H29N5O. The average Bonchev–Trinajstić information content (AvgIpc) is 3.43. The van der Waals surface area contributed by atoms with Gasteiger partial charge in [0.15, 0.2) is 0 Å². The molecule has 0 bridgehead atoms. The van der Waals surface area contributed by atoms with Crippen LogP contribution in [0.4, 0.5) is 0 Å². The molecule has 2 fully saturated rings. The van der Waals surface area contributed by atoms with Crippen molar-refractivity contribution in [2.45, 2.75) is 50.6 Å². The molecule has 1 aliphatic heterocycles. The molecule has 0 N–H and O–H groups in total. The summed E-state index contributed by atoms with van der Waals surface area (Å²) >= 11 is 0. The molecule has 1 saturated carbocycles. The molecule has 1 aliphatic carbocycles. The molecule has 2 aromatic rings. The van der Waals surface area contributed by atoms with Crippen LogP contribution in [0.2, 0.25) is 0 Å². The van der Waals surface area contributed by atoms with Gasteiger partial charge in [0.05, 0.1) is 13.0 Å². The molecule has 4 rings (SSSR count). The SMILES string of the molecule is CN(C)Cc1nnc(C2CCN(C(=O)Cc3ccccc3)CC2)n1C1CC1. The van der Waals surface area contributed by atoms with Gasteiger partial charge in [-0.15, -0.1) is 10.2 Å². The van der Waals surface area contributed by atoms with Crippen LogP contribution in [0, 0.1) is 0 Å². The lowest BCUT2D eigenvalue weighted by Gasteiger charge is -2.32. The number of rotatable bonds is 6. The van der Waals surface area contributed by atoms with Crippen molar-refractivity contribution in [3.8, 4) is 0 Å². The quantitative estimate of drug-likeness (QED) is 0.788. The molecule has 0 atom stereocenters. The maximum Gasteiger partial charge on any atom is 0.226 e. The second-order valence-electron chi connectivity index (χ2n) is 8.13. The molecule has 2 heterocycles. The maximum absolute atomic E-state index is 12.6. The molecule has 1 aromatic carbocycles. The zero-order valence-electron chi connectivity index (χ0n) is 16.3. The summed E-state index contributed by atoms with van der Waals surface area (Å²) in [4.78, 5) is 16.8. The van der Waals surface area contributed by atoms with E-state index in [0.717, 1.165) is 49.7 Å². The summed E-state index contributed by atoms with van der Waals surface area (Å²) in [6.07, 6.45) is 4.93. The number of hydrogen-bond donors (Lipinski definition) is 0. The van der Waals surface area contributed by atoms with E-state index in [4.69, 9.17) is 0 Å². The van der Waals surface area contributed by atoms with Crippen LogP contribution in [-0.2, 0) is 17.8 Å². The van der Waals surface area contributed by atoms with Gasteiger partial charge < -0.3 is 14.4 Å². The van der Waals surface area contributed by atoms with Gasteiger partial charge in [0.25, 0.3) is 0 Å². The molecular weight excluding hydrogens is 338 g/mol. The van der Waals surface area contributed by atoms with E-state index in [9.17, 15) is 4.79 Å². The Morgan fingerprint density at radius 3 is 2.41 bits per heavy atom. The normalized spacial score (nSPS) is 18.3. The number of benzene rings is 1. The fourth-order valence-electron chi connectivity index (χ4n) is 4.01. The first kappa shape index (κ1) is 18.2. The van der Waals surface area contributed by atoms with Crippen LogP contribution in [0.25, 0.3) is 0 Å². The summed E-state index contributed by atoms with van der Waals surface area (Å²) in [6.45, 7) is 2.46. The van der Waals surface area contributed by atoms with Crippen LogP contribution >= 0.6 is 0 Å².